The lowest BCUT2D eigenvalue weighted by Crippen LogP contribution is -2.18. The van der Waals surface area contributed by atoms with Crippen LogP contribution < -0.4 is 9.47 Å². The highest BCUT2D eigenvalue weighted by Crippen LogP contribution is 2.39. The van der Waals surface area contributed by atoms with Gasteiger partial charge in [-0.25, -0.2) is 0 Å². The summed E-state index contributed by atoms with van der Waals surface area (Å²) in [6, 6.07) is 0. The van der Waals surface area contributed by atoms with Crippen LogP contribution in [0.25, 0.3) is 0 Å². The summed E-state index contributed by atoms with van der Waals surface area (Å²) in [6.45, 7) is 2.05. The Morgan fingerprint density at radius 1 is 0.786 bits per heavy atom. The maximum atomic E-state index is 12.0. The summed E-state index contributed by atoms with van der Waals surface area (Å²) in [5.41, 5.74) is 0. The van der Waals surface area contributed by atoms with Crippen molar-refractivity contribution < 1.29 is 48.2 Å². The summed E-state index contributed by atoms with van der Waals surface area (Å²) in [5.74, 6) is 0.525. The number of hydrogen-bond donors (Lipinski definition) is 3. The Hall–Kier alpha value is -2.11. The third-order valence-electron chi connectivity index (χ3n) is 6.53. The average Bonchev–Trinajstić information content (AvgIpc) is 3.40. The molecule has 0 saturated carbocycles. The fourth-order valence-electron chi connectivity index (χ4n) is 4.32. The number of hydrogen-bond acceptors (Lipinski definition) is 10. The van der Waals surface area contributed by atoms with Gasteiger partial charge in [-0.3, -0.25) is 4.79 Å². The van der Waals surface area contributed by atoms with Gasteiger partial charge in [0.25, 0.3) is 0 Å². The minimum absolute atomic E-state index is 0.00223. The van der Waals surface area contributed by atoms with Crippen LogP contribution in [0.15, 0.2) is 22.8 Å². The molecule has 10 nitrogen and oxygen atoms in total. The van der Waals surface area contributed by atoms with Crippen LogP contribution in [0.5, 0.6) is 11.5 Å². The van der Waals surface area contributed by atoms with Gasteiger partial charge in [0.2, 0.25) is 5.75 Å². The lowest BCUT2D eigenvalue weighted by Gasteiger charge is -2.17. The van der Waals surface area contributed by atoms with Gasteiger partial charge in [-0.15, -0.1) is 0 Å². The van der Waals surface area contributed by atoms with Crippen molar-refractivity contribution >= 4 is 5.97 Å². The number of esters is 1. The third kappa shape index (κ3) is 19.2. The molecular weight excluding hydrogens is 544 g/mol. The first-order chi connectivity index (χ1) is 20.7. The molecule has 1 unspecified atom stereocenters. The van der Waals surface area contributed by atoms with Crippen LogP contribution in [0.4, 0.5) is 0 Å². The van der Waals surface area contributed by atoms with Gasteiger partial charge < -0.3 is 43.4 Å². The van der Waals surface area contributed by atoms with Gasteiger partial charge in [-0.05, 0) is 32.1 Å². The van der Waals surface area contributed by atoms with Crippen molar-refractivity contribution in [1.82, 2.24) is 0 Å². The number of carbonyl (C=O) groups is 1. The molecule has 1 aromatic heterocycles. The Morgan fingerprint density at radius 2 is 1.40 bits per heavy atom. The van der Waals surface area contributed by atoms with Gasteiger partial charge in [0.1, 0.15) is 32.2 Å². The Labute approximate surface area is 252 Å². The normalized spacial score (nSPS) is 12.2. The number of rotatable bonds is 30. The molecule has 0 aliphatic carbocycles. The van der Waals surface area contributed by atoms with Gasteiger partial charge in [-0.1, -0.05) is 70.4 Å². The maximum Gasteiger partial charge on any atom is 0.305 e. The zero-order valence-electron chi connectivity index (χ0n) is 25.8. The molecule has 10 heteroatoms. The van der Waals surface area contributed by atoms with E-state index in [2.05, 4.69) is 19.1 Å². The summed E-state index contributed by atoms with van der Waals surface area (Å²) in [5, 5.41) is 27.4. The summed E-state index contributed by atoms with van der Waals surface area (Å²) in [4.78, 5) is 12.0. The first-order valence-electron chi connectivity index (χ1n) is 15.9. The van der Waals surface area contributed by atoms with Crippen LogP contribution in [-0.4, -0.2) is 80.8 Å². The fourth-order valence-corrected chi connectivity index (χ4v) is 4.32. The minimum Gasteiger partial charge on any atom is -0.484 e. The molecule has 0 amide bonds. The quantitative estimate of drug-likeness (QED) is 0.0575. The minimum atomic E-state index is -0.733. The van der Waals surface area contributed by atoms with Gasteiger partial charge in [0.05, 0.1) is 39.6 Å². The van der Waals surface area contributed by atoms with E-state index < -0.39 is 6.10 Å². The molecule has 0 aromatic carbocycles. The lowest BCUT2D eigenvalue weighted by molar-refractivity contribution is -0.146. The van der Waals surface area contributed by atoms with Crippen molar-refractivity contribution in [2.45, 2.75) is 103 Å². The highest BCUT2D eigenvalue weighted by molar-refractivity contribution is 5.69. The molecule has 0 spiro atoms. The predicted molar refractivity (Wildman–Crippen MR) is 161 cm³/mol. The Bertz CT molecular complexity index is 779. The lowest BCUT2D eigenvalue weighted by atomic mass is 10.1. The van der Waals surface area contributed by atoms with E-state index in [9.17, 15) is 9.90 Å². The van der Waals surface area contributed by atoms with E-state index in [-0.39, 0.29) is 82.7 Å². The Morgan fingerprint density at radius 3 is 2.07 bits per heavy atom. The second kappa shape index (κ2) is 27.7. The summed E-state index contributed by atoms with van der Waals surface area (Å²) >= 11 is 0. The number of unbranched alkanes of at least 4 members (excludes halogenated alkanes) is 11. The van der Waals surface area contributed by atoms with Crippen LogP contribution in [-0.2, 0) is 19.0 Å². The maximum absolute atomic E-state index is 12.0. The van der Waals surface area contributed by atoms with Crippen LogP contribution in [0.2, 0.25) is 0 Å². The van der Waals surface area contributed by atoms with Crippen molar-refractivity contribution in [3.63, 3.8) is 0 Å². The smallest absolute Gasteiger partial charge is 0.305 e. The van der Waals surface area contributed by atoms with Gasteiger partial charge in [0, 0.05) is 6.42 Å². The molecular formula is C32H56O10. The Balaban J connectivity index is 2.18. The van der Waals surface area contributed by atoms with Crippen molar-refractivity contribution in [3.8, 4) is 11.5 Å². The highest BCUT2D eigenvalue weighted by atomic mass is 16.6. The second-order valence-corrected chi connectivity index (χ2v) is 10.2. The number of carbonyl (C=O) groups excluding carboxylic acids is 1. The Kier molecular flexibility index (Phi) is 25.0. The van der Waals surface area contributed by atoms with Crippen LogP contribution in [0.1, 0.15) is 109 Å². The topological polar surface area (TPSA) is 137 Å². The fraction of sp³-hybridized carbons (Fsp3) is 0.781. The number of allylic oxidation sites excluding steroid dienone is 2. The van der Waals surface area contributed by atoms with E-state index in [1.54, 1.807) is 0 Å². The molecule has 0 saturated heterocycles. The van der Waals surface area contributed by atoms with Crippen molar-refractivity contribution in [1.29, 1.82) is 0 Å². The SMILES string of the molecule is CCCCCCCCC=CCCCCCCCC(=O)OCCOCC(OCCO)c1occ(OCCO)c1OCCO. The van der Waals surface area contributed by atoms with E-state index >= 15 is 0 Å². The zero-order chi connectivity index (χ0) is 30.5. The molecule has 0 aliphatic rings. The van der Waals surface area contributed by atoms with Crippen LogP contribution in [0, 0.1) is 0 Å². The standard InChI is InChI=1S/C32H56O10/c1-2-3-4-5-6-7-8-9-10-11-12-13-14-15-16-17-30(36)40-25-24-37-26-28(38-21-18-33)32-31(41-23-20-35)29(27-42-32)39-22-19-34/h9-10,27-28,33-35H,2-8,11-26H2,1H3. The summed E-state index contributed by atoms with van der Waals surface area (Å²) < 4.78 is 33.1. The van der Waals surface area contributed by atoms with Crippen molar-refractivity contribution in [3.05, 3.63) is 24.2 Å². The largest absolute Gasteiger partial charge is 0.484 e. The summed E-state index contributed by atoms with van der Waals surface area (Å²) in [6.07, 6.45) is 21.4. The number of furan rings is 1. The van der Waals surface area contributed by atoms with Gasteiger partial charge in [0.15, 0.2) is 11.5 Å². The predicted octanol–water partition coefficient (Wildman–Crippen LogP) is 5.67. The molecule has 1 heterocycles. The molecule has 1 aromatic rings. The molecule has 3 N–H and O–H groups in total. The molecule has 0 aliphatic heterocycles. The van der Waals surface area contributed by atoms with E-state index in [4.69, 9.17) is 38.3 Å². The van der Waals surface area contributed by atoms with Crippen LogP contribution in [0.3, 0.4) is 0 Å². The first-order valence-corrected chi connectivity index (χ1v) is 15.9. The van der Waals surface area contributed by atoms with E-state index in [1.807, 2.05) is 0 Å². The highest BCUT2D eigenvalue weighted by Gasteiger charge is 2.26. The van der Waals surface area contributed by atoms with E-state index in [0.29, 0.717) is 6.42 Å². The van der Waals surface area contributed by atoms with E-state index in [0.717, 1.165) is 25.7 Å². The zero-order valence-corrected chi connectivity index (χ0v) is 25.8. The summed E-state index contributed by atoms with van der Waals surface area (Å²) in [7, 11) is 0. The average molecular weight is 601 g/mol. The van der Waals surface area contributed by atoms with Crippen LogP contribution >= 0.6 is 0 Å². The van der Waals surface area contributed by atoms with Crippen molar-refractivity contribution in [2.75, 3.05) is 59.5 Å². The number of aliphatic hydroxyl groups excluding tert-OH is 3. The van der Waals surface area contributed by atoms with Gasteiger partial charge in [-0.2, -0.15) is 0 Å². The third-order valence-corrected chi connectivity index (χ3v) is 6.53. The molecule has 1 rings (SSSR count). The first kappa shape index (κ1) is 37.9. The monoisotopic (exact) mass is 600 g/mol. The molecule has 0 radical (unpaired) electrons. The number of ether oxygens (including phenoxy) is 5. The van der Waals surface area contributed by atoms with E-state index in [1.165, 1.54) is 64.1 Å². The molecule has 0 bridgehead atoms. The number of aliphatic hydroxyl groups is 3. The molecule has 0 fully saturated rings. The van der Waals surface area contributed by atoms with Gasteiger partial charge >= 0.3 is 5.97 Å². The second-order valence-electron chi connectivity index (χ2n) is 10.2. The van der Waals surface area contributed by atoms with Crippen molar-refractivity contribution in [2.24, 2.45) is 0 Å². The molecule has 244 valence electrons. The molecule has 42 heavy (non-hydrogen) atoms. The molecule has 1 atom stereocenters.